The lowest BCUT2D eigenvalue weighted by molar-refractivity contribution is -0.152. The summed E-state index contributed by atoms with van der Waals surface area (Å²) >= 11 is 0. The molecule has 0 fully saturated rings. The molecule has 1 rings (SSSR count). The van der Waals surface area contributed by atoms with E-state index in [0.29, 0.717) is 5.56 Å². The lowest BCUT2D eigenvalue weighted by atomic mass is 10.1. The Bertz CT molecular complexity index is 362. The van der Waals surface area contributed by atoms with Crippen molar-refractivity contribution in [3.05, 3.63) is 35.9 Å². The minimum Gasteiger partial charge on any atom is -0.463 e. The topological polar surface area (TPSA) is 43.4 Å². The van der Waals surface area contributed by atoms with E-state index in [9.17, 15) is 14.0 Å². The predicted molar refractivity (Wildman–Crippen MR) is 56.7 cm³/mol. The molecule has 3 nitrogen and oxygen atoms in total. The van der Waals surface area contributed by atoms with Gasteiger partial charge in [-0.05, 0) is 12.5 Å². The Kier molecular flexibility index (Phi) is 4.64. The summed E-state index contributed by atoms with van der Waals surface area (Å²) in [7, 11) is 0. The monoisotopic (exact) mass is 224 g/mol. The molecule has 0 aliphatic rings. The summed E-state index contributed by atoms with van der Waals surface area (Å²) in [6.45, 7) is 1.63. The van der Waals surface area contributed by atoms with Crippen LogP contribution in [0.2, 0.25) is 0 Å². The van der Waals surface area contributed by atoms with Crippen molar-refractivity contribution in [3.8, 4) is 0 Å². The van der Waals surface area contributed by atoms with Crippen LogP contribution < -0.4 is 0 Å². The normalized spacial score (nSPS) is 11.9. The lowest BCUT2D eigenvalue weighted by Gasteiger charge is -2.06. The number of esters is 1. The van der Waals surface area contributed by atoms with Gasteiger partial charge >= 0.3 is 5.97 Å². The molecule has 1 aromatic carbocycles. The Balaban J connectivity index is 2.56. The van der Waals surface area contributed by atoms with E-state index in [4.69, 9.17) is 0 Å². The van der Waals surface area contributed by atoms with Crippen molar-refractivity contribution in [1.29, 1.82) is 0 Å². The van der Waals surface area contributed by atoms with Gasteiger partial charge < -0.3 is 4.74 Å². The fourth-order valence-electron chi connectivity index (χ4n) is 1.23. The molecule has 0 aromatic heterocycles. The van der Waals surface area contributed by atoms with Crippen LogP contribution in [-0.2, 0) is 20.7 Å². The SMILES string of the molecule is CCOC(=O)[C@H](F)C(=O)Cc1ccccc1. The van der Waals surface area contributed by atoms with Crippen LogP contribution >= 0.6 is 0 Å². The third-order valence-corrected chi connectivity index (χ3v) is 2.00. The number of rotatable bonds is 5. The van der Waals surface area contributed by atoms with Gasteiger partial charge in [-0.15, -0.1) is 0 Å². The van der Waals surface area contributed by atoms with Crippen LogP contribution in [0.1, 0.15) is 12.5 Å². The van der Waals surface area contributed by atoms with Crippen molar-refractivity contribution in [1.82, 2.24) is 0 Å². The number of alkyl halides is 1. The van der Waals surface area contributed by atoms with Gasteiger partial charge in [-0.25, -0.2) is 9.18 Å². The highest BCUT2D eigenvalue weighted by Gasteiger charge is 2.26. The fraction of sp³-hybridized carbons (Fsp3) is 0.333. The van der Waals surface area contributed by atoms with Gasteiger partial charge in [0.25, 0.3) is 6.17 Å². The number of hydrogen-bond donors (Lipinski definition) is 0. The zero-order chi connectivity index (χ0) is 12.0. The number of ether oxygens (including phenoxy) is 1. The summed E-state index contributed by atoms with van der Waals surface area (Å²) in [5, 5.41) is 0. The molecule has 0 radical (unpaired) electrons. The first-order valence-corrected chi connectivity index (χ1v) is 5.02. The van der Waals surface area contributed by atoms with Crippen molar-refractivity contribution in [3.63, 3.8) is 0 Å². The average molecular weight is 224 g/mol. The highest BCUT2D eigenvalue weighted by Crippen LogP contribution is 2.05. The maximum atomic E-state index is 13.2. The van der Waals surface area contributed by atoms with Gasteiger partial charge in [0.1, 0.15) is 0 Å². The first kappa shape index (κ1) is 12.4. The van der Waals surface area contributed by atoms with Gasteiger partial charge in [0.2, 0.25) is 0 Å². The minimum atomic E-state index is -2.18. The number of ketones is 1. The van der Waals surface area contributed by atoms with Gasteiger partial charge in [-0.1, -0.05) is 30.3 Å². The summed E-state index contributed by atoms with van der Waals surface area (Å²) in [5.41, 5.74) is 0.680. The van der Waals surface area contributed by atoms with Crippen LogP contribution in [0, 0.1) is 0 Å². The predicted octanol–water partition coefficient (Wildman–Crippen LogP) is 1.70. The van der Waals surface area contributed by atoms with Gasteiger partial charge in [0.05, 0.1) is 6.61 Å². The van der Waals surface area contributed by atoms with Gasteiger partial charge in [-0.2, -0.15) is 0 Å². The Hall–Kier alpha value is -1.71. The van der Waals surface area contributed by atoms with E-state index in [2.05, 4.69) is 4.74 Å². The van der Waals surface area contributed by atoms with E-state index in [1.807, 2.05) is 0 Å². The second kappa shape index (κ2) is 6.00. The first-order valence-electron chi connectivity index (χ1n) is 5.02. The molecule has 0 bridgehead atoms. The second-order valence-corrected chi connectivity index (χ2v) is 3.24. The fourth-order valence-corrected chi connectivity index (χ4v) is 1.23. The van der Waals surface area contributed by atoms with E-state index < -0.39 is 17.9 Å². The number of benzene rings is 1. The van der Waals surface area contributed by atoms with Crippen LogP contribution in [0.5, 0.6) is 0 Å². The van der Waals surface area contributed by atoms with Crippen molar-refractivity contribution in [2.24, 2.45) is 0 Å². The third kappa shape index (κ3) is 3.46. The largest absolute Gasteiger partial charge is 0.463 e. The van der Waals surface area contributed by atoms with Crippen molar-refractivity contribution in [2.75, 3.05) is 6.61 Å². The Morgan fingerprint density at radius 2 is 1.94 bits per heavy atom. The molecule has 1 aromatic rings. The van der Waals surface area contributed by atoms with Crippen LogP contribution in [0.25, 0.3) is 0 Å². The molecule has 1 atom stereocenters. The quantitative estimate of drug-likeness (QED) is 0.564. The Labute approximate surface area is 93.2 Å². The number of halogens is 1. The summed E-state index contributed by atoms with van der Waals surface area (Å²) in [5.74, 6) is -1.88. The van der Waals surface area contributed by atoms with Crippen LogP contribution in [0.15, 0.2) is 30.3 Å². The maximum absolute atomic E-state index is 13.2. The van der Waals surface area contributed by atoms with E-state index >= 15 is 0 Å². The van der Waals surface area contributed by atoms with Crippen molar-refractivity contribution in [2.45, 2.75) is 19.5 Å². The molecular formula is C12H13FO3. The Morgan fingerprint density at radius 3 is 2.50 bits per heavy atom. The smallest absolute Gasteiger partial charge is 0.348 e. The molecular weight excluding hydrogens is 211 g/mol. The van der Waals surface area contributed by atoms with Crippen molar-refractivity contribution >= 4 is 11.8 Å². The van der Waals surface area contributed by atoms with E-state index in [1.165, 1.54) is 0 Å². The molecule has 0 amide bonds. The molecule has 0 spiro atoms. The standard InChI is InChI=1S/C12H13FO3/c1-2-16-12(15)11(13)10(14)8-9-6-4-3-5-7-9/h3-7,11H,2,8H2,1H3/t11-/m1/s1. The summed E-state index contributed by atoms with van der Waals surface area (Å²) in [6, 6.07) is 8.71. The molecule has 0 saturated carbocycles. The Morgan fingerprint density at radius 1 is 1.31 bits per heavy atom. The first-order chi connectivity index (χ1) is 7.65. The molecule has 0 heterocycles. The van der Waals surface area contributed by atoms with E-state index in [-0.39, 0.29) is 13.0 Å². The summed E-state index contributed by atoms with van der Waals surface area (Å²) in [6.07, 6.45) is -2.28. The molecule has 0 aliphatic heterocycles. The number of hydrogen-bond acceptors (Lipinski definition) is 3. The van der Waals surface area contributed by atoms with Crippen LogP contribution in [0.3, 0.4) is 0 Å². The molecule has 86 valence electrons. The highest BCUT2D eigenvalue weighted by molar-refractivity contribution is 6.02. The second-order valence-electron chi connectivity index (χ2n) is 3.24. The van der Waals surface area contributed by atoms with E-state index in [1.54, 1.807) is 37.3 Å². The van der Waals surface area contributed by atoms with Gasteiger partial charge in [-0.3, -0.25) is 4.79 Å². The third-order valence-electron chi connectivity index (χ3n) is 2.00. The molecule has 0 aliphatic carbocycles. The minimum absolute atomic E-state index is 0.0673. The van der Waals surface area contributed by atoms with Crippen LogP contribution in [0.4, 0.5) is 4.39 Å². The lowest BCUT2D eigenvalue weighted by Crippen LogP contribution is -2.29. The molecule has 4 heteroatoms. The van der Waals surface area contributed by atoms with Gasteiger partial charge in [0, 0.05) is 6.42 Å². The number of carbonyl (C=O) groups is 2. The zero-order valence-electron chi connectivity index (χ0n) is 8.98. The maximum Gasteiger partial charge on any atom is 0.348 e. The molecule has 16 heavy (non-hydrogen) atoms. The van der Waals surface area contributed by atoms with Crippen molar-refractivity contribution < 1.29 is 18.7 Å². The zero-order valence-corrected chi connectivity index (χ0v) is 8.98. The van der Waals surface area contributed by atoms with Crippen LogP contribution in [-0.4, -0.2) is 24.5 Å². The molecule has 0 saturated heterocycles. The summed E-state index contributed by atoms with van der Waals surface area (Å²) < 4.78 is 17.7. The number of Topliss-reactive ketones (excluding diaryl/α,β-unsaturated/α-hetero) is 1. The van der Waals surface area contributed by atoms with E-state index in [0.717, 1.165) is 0 Å². The molecule has 0 N–H and O–H groups in total. The summed E-state index contributed by atoms with van der Waals surface area (Å²) in [4.78, 5) is 22.3. The molecule has 0 unspecified atom stereocenters. The van der Waals surface area contributed by atoms with Gasteiger partial charge in [0.15, 0.2) is 5.78 Å². The highest BCUT2D eigenvalue weighted by atomic mass is 19.1. The number of carbonyl (C=O) groups excluding carboxylic acids is 2. The average Bonchev–Trinajstić information content (AvgIpc) is 2.29.